The van der Waals surface area contributed by atoms with Crippen molar-refractivity contribution < 1.29 is 4.92 Å². The van der Waals surface area contributed by atoms with Crippen molar-refractivity contribution >= 4 is 40.0 Å². The van der Waals surface area contributed by atoms with Crippen molar-refractivity contribution in [2.24, 2.45) is 0 Å². The number of hydrogen-bond acceptors (Lipinski definition) is 3. The summed E-state index contributed by atoms with van der Waals surface area (Å²) in [4.78, 5) is 13.7. The SMILES string of the molecule is O=[N+]([O-])c1ccc(Cl)c(CSc2cc3ccccc3[nH]2)c1. The van der Waals surface area contributed by atoms with E-state index in [2.05, 4.69) is 11.1 Å². The molecular formula is C15H11ClN2O2S. The van der Waals surface area contributed by atoms with Gasteiger partial charge < -0.3 is 4.98 Å². The van der Waals surface area contributed by atoms with Gasteiger partial charge >= 0.3 is 0 Å². The van der Waals surface area contributed by atoms with E-state index in [-0.39, 0.29) is 5.69 Å². The molecule has 3 aromatic rings. The number of aromatic nitrogens is 1. The maximum Gasteiger partial charge on any atom is 0.269 e. The van der Waals surface area contributed by atoms with Crippen LogP contribution in [0.3, 0.4) is 0 Å². The lowest BCUT2D eigenvalue weighted by atomic mass is 10.2. The second kappa shape index (κ2) is 5.79. The molecule has 0 spiro atoms. The van der Waals surface area contributed by atoms with Crippen LogP contribution in [0.15, 0.2) is 53.6 Å². The first-order valence-electron chi connectivity index (χ1n) is 6.27. The van der Waals surface area contributed by atoms with E-state index in [0.29, 0.717) is 10.8 Å². The molecule has 1 aromatic heterocycles. The summed E-state index contributed by atoms with van der Waals surface area (Å²) in [5.74, 6) is 0.577. The summed E-state index contributed by atoms with van der Waals surface area (Å²) in [5.41, 5.74) is 1.89. The van der Waals surface area contributed by atoms with E-state index in [9.17, 15) is 10.1 Å². The first-order valence-corrected chi connectivity index (χ1v) is 7.63. The van der Waals surface area contributed by atoms with Gasteiger partial charge in [0.2, 0.25) is 0 Å². The Hall–Kier alpha value is -1.98. The maximum absolute atomic E-state index is 10.8. The van der Waals surface area contributed by atoms with Gasteiger partial charge in [-0.25, -0.2) is 0 Å². The lowest BCUT2D eigenvalue weighted by molar-refractivity contribution is -0.384. The third-order valence-electron chi connectivity index (χ3n) is 3.13. The molecule has 3 rings (SSSR count). The molecule has 106 valence electrons. The van der Waals surface area contributed by atoms with Gasteiger partial charge in [-0.2, -0.15) is 0 Å². The Morgan fingerprint density at radius 3 is 2.76 bits per heavy atom. The number of thioether (sulfide) groups is 1. The second-order valence-electron chi connectivity index (χ2n) is 4.54. The summed E-state index contributed by atoms with van der Waals surface area (Å²) in [5, 5.41) is 13.5. The van der Waals surface area contributed by atoms with Gasteiger partial charge in [0.1, 0.15) is 0 Å². The molecule has 2 aromatic carbocycles. The van der Waals surface area contributed by atoms with Crippen LogP contribution in [0.2, 0.25) is 5.02 Å². The van der Waals surface area contributed by atoms with E-state index in [1.807, 2.05) is 24.3 Å². The molecule has 0 aliphatic rings. The zero-order chi connectivity index (χ0) is 14.8. The topological polar surface area (TPSA) is 58.9 Å². The third-order valence-corrected chi connectivity index (χ3v) is 4.48. The molecule has 0 fully saturated rings. The highest BCUT2D eigenvalue weighted by Crippen LogP contribution is 2.30. The van der Waals surface area contributed by atoms with E-state index in [4.69, 9.17) is 11.6 Å². The highest BCUT2D eigenvalue weighted by molar-refractivity contribution is 7.98. The fourth-order valence-corrected chi connectivity index (χ4v) is 3.27. The van der Waals surface area contributed by atoms with Crippen LogP contribution in [0.4, 0.5) is 5.69 Å². The Labute approximate surface area is 130 Å². The fourth-order valence-electron chi connectivity index (χ4n) is 2.07. The molecule has 6 heteroatoms. The maximum atomic E-state index is 10.8. The lowest BCUT2D eigenvalue weighted by Crippen LogP contribution is -1.90. The molecule has 0 amide bonds. The monoisotopic (exact) mass is 318 g/mol. The predicted molar refractivity (Wildman–Crippen MR) is 86.0 cm³/mol. The lowest BCUT2D eigenvalue weighted by Gasteiger charge is -2.03. The normalized spacial score (nSPS) is 10.9. The van der Waals surface area contributed by atoms with E-state index in [1.165, 1.54) is 12.1 Å². The molecule has 1 heterocycles. The summed E-state index contributed by atoms with van der Waals surface area (Å²) in [7, 11) is 0. The Balaban J connectivity index is 1.80. The molecule has 0 atom stereocenters. The van der Waals surface area contributed by atoms with Gasteiger partial charge in [0.25, 0.3) is 5.69 Å². The van der Waals surface area contributed by atoms with Crippen molar-refractivity contribution in [3.05, 3.63) is 69.2 Å². The van der Waals surface area contributed by atoms with Crippen molar-refractivity contribution in [2.75, 3.05) is 0 Å². The zero-order valence-electron chi connectivity index (χ0n) is 10.9. The minimum Gasteiger partial charge on any atom is -0.350 e. The molecule has 0 unspecified atom stereocenters. The molecule has 1 N–H and O–H groups in total. The average Bonchev–Trinajstić information content (AvgIpc) is 2.89. The summed E-state index contributed by atoms with van der Waals surface area (Å²) in [6.45, 7) is 0. The van der Waals surface area contributed by atoms with Gasteiger partial charge in [0.05, 0.1) is 9.95 Å². The van der Waals surface area contributed by atoms with Crippen molar-refractivity contribution in [3.8, 4) is 0 Å². The Morgan fingerprint density at radius 2 is 2.00 bits per heavy atom. The summed E-state index contributed by atoms with van der Waals surface area (Å²) < 4.78 is 0. The number of hydrogen-bond donors (Lipinski definition) is 1. The van der Waals surface area contributed by atoms with Crippen LogP contribution in [0.25, 0.3) is 10.9 Å². The summed E-state index contributed by atoms with van der Waals surface area (Å²) in [6.07, 6.45) is 0. The summed E-state index contributed by atoms with van der Waals surface area (Å²) in [6, 6.07) is 14.6. The van der Waals surface area contributed by atoms with Gasteiger partial charge in [0, 0.05) is 33.8 Å². The number of para-hydroxylation sites is 1. The number of nitrogens with zero attached hydrogens (tertiary/aromatic N) is 1. The average molecular weight is 319 g/mol. The van der Waals surface area contributed by atoms with E-state index >= 15 is 0 Å². The Kier molecular flexibility index (Phi) is 3.86. The quantitative estimate of drug-likeness (QED) is 0.417. The second-order valence-corrected chi connectivity index (χ2v) is 5.97. The number of fused-ring (bicyclic) bond motifs is 1. The number of nitro benzene ring substituents is 1. The standard InChI is InChI=1S/C15H11ClN2O2S/c16-13-6-5-12(18(19)20)7-11(13)9-21-15-8-10-3-1-2-4-14(10)17-15/h1-8,17H,9H2. The van der Waals surface area contributed by atoms with Crippen molar-refractivity contribution in [2.45, 2.75) is 10.8 Å². The highest BCUT2D eigenvalue weighted by Gasteiger charge is 2.10. The van der Waals surface area contributed by atoms with Crippen LogP contribution in [-0.2, 0) is 5.75 Å². The van der Waals surface area contributed by atoms with Crippen LogP contribution in [0, 0.1) is 10.1 Å². The van der Waals surface area contributed by atoms with Gasteiger partial charge in [-0.15, -0.1) is 11.8 Å². The number of non-ortho nitro benzene ring substituents is 1. The first-order chi connectivity index (χ1) is 10.1. The number of halogens is 1. The number of nitro groups is 1. The van der Waals surface area contributed by atoms with E-state index < -0.39 is 4.92 Å². The number of nitrogens with one attached hydrogen (secondary N) is 1. The van der Waals surface area contributed by atoms with Crippen LogP contribution in [-0.4, -0.2) is 9.91 Å². The van der Waals surface area contributed by atoms with Crippen LogP contribution < -0.4 is 0 Å². The smallest absolute Gasteiger partial charge is 0.269 e. The molecule has 0 saturated heterocycles. The van der Waals surface area contributed by atoms with Gasteiger partial charge in [-0.1, -0.05) is 29.8 Å². The fraction of sp³-hybridized carbons (Fsp3) is 0.0667. The molecule has 4 nitrogen and oxygen atoms in total. The number of rotatable bonds is 4. The third kappa shape index (κ3) is 3.04. The number of benzene rings is 2. The van der Waals surface area contributed by atoms with E-state index in [1.54, 1.807) is 17.8 Å². The number of aromatic amines is 1. The van der Waals surface area contributed by atoms with E-state index in [0.717, 1.165) is 21.5 Å². The largest absolute Gasteiger partial charge is 0.350 e. The van der Waals surface area contributed by atoms with Gasteiger partial charge in [0.15, 0.2) is 0 Å². The van der Waals surface area contributed by atoms with Crippen molar-refractivity contribution in [3.63, 3.8) is 0 Å². The minimum absolute atomic E-state index is 0.0617. The molecule has 0 aliphatic carbocycles. The molecule has 0 radical (unpaired) electrons. The molecule has 0 saturated carbocycles. The summed E-state index contributed by atoms with van der Waals surface area (Å²) >= 11 is 7.67. The van der Waals surface area contributed by atoms with Crippen LogP contribution >= 0.6 is 23.4 Å². The van der Waals surface area contributed by atoms with Crippen LogP contribution in [0.1, 0.15) is 5.56 Å². The molecule has 21 heavy (non-hydrogen) atoms. The first kappa shape index (κ1) is 14.0. The van der Waals surface area contributed by atoms with Crippen LogP contribution in [0.5, 0.6) is 0 Å². The predicted octanol–water partition coefficient (Wildman–Crippen LogP) is 5.02. The van der Waals surface area contributed by atoms with Crippen molar-refractivity contribution in [1.29, 1.82) is 0 Å². The zero-order valence-corrected chi connectivity index (χ0v) is 12.4. The van der Waals surface area contributed by atoms with Crippen molar-refractivity contribution in [1.82, 2.24) is 4.98 Å². The molecule has 0 bridgehead atoms. The Bertz CT molecular complexity index is 783. The number of H-pyrrole nitrogens is 1. The highest BCUT2D eigenvalue weighted by atomic mass is 35.5. The minimum atomic E-state index is -0.409. The molecule has 0 aliphatic heterocycles. The van der Waals surface area contributed by atoms with Gasteiger partial charge in [-0.3, -0.25) is 10.1 Å². The molecular weight excluding hydrogens is 308 g/mol. The Morgan fingerprint density at radius 1 is 1.19 bits per heavy atom. The van der Waals surface area contributed by atoms with Gasteiger partial charge in [-0.05, 0) is 23.8 Å².